The summed E-state index contributed by atoms with van der Waals surface area (Å²) in [5.41, 5.74) is 8.84. The first-order chi connectivity index (χ1) is 14.9. The van der Waals surface area contributed by atoms with Gasteiger partial charge in [0.2, 0.25) is 5.91 Å². The number of nitrogens with one attached hydrogen (secondary N) is 1. The highest BCUT2D eigenvalue weighted by atomic mass is 35.5. The molecule has 1 spiro atoms. The summed E-state index contributed by atoms with van der Waals surface area (Å²) in [5.74, 6) is -0.420. The van der Waals surface area contributed by atoms with Crippen molar-refractivity contribution in [1.29, 1.82) is 5.26 Å². The van der Waals surface area contributed by atoms with E-state index in [1.165, 1.54) is 0 Å². The van der Waals surface area contributed by atoms with Crippen LogP contribution in [-0.2, 0) is 15.0 Å². The fraction of sp³-hybridized carbons (Fsp3) is 0.208. The molecule has 2 aromatic carbocycles. The summed E-state index contributed by atoms with van der Waals surface area (Å²) in [6.07, 6.45) is 1.52. The second-order valence-electron chi connectivity index (χ2n) is 7.99. The number of ketones is 1. The smallest absolute Gasteiger partial charge is 0.245 e. The van der Waals surface area contributed by atoms with Gasteiger partial charge in [-0.15, -0.1) is 0 Å². The van der Waals surface area contributed by atoms with Crippen molar-refractivity contribution in [2.45, 2.75) is 31.6 Å². The van der Waals surface area contributed by atoms with Crippen molar-refractivity contribution < 1.29 is 9.59 Å². The molecule has 31 heavy (non-hydrogen) atoms. The number of benzene rings is 2. The summed E-state index contributed by atoms with van der Waals surface area (Å²) in [7, 11) is 0. The van der Waals surface area contributed by atoms with Crippen LogP contribution in [0.5, 0.6) is 0 Å². The molecular weight excluding hydrogens is 412 g/mol. The SMILES string of the molecule is Cc1ccc(N2C(N)=C(C#N)[C@@]3(C(=O)Nc4ccccc43)C3=C2CCCC3=O)cc1Cl. The zero-order chi connectivity index (χ0) is 21.9. The first-order valence-corrected chi connectivity index (χ1v) is 10.4. The Morgan fingerprint density at radius 3 is 2.71 bits per heavy atom. The molecule has 0 aromatic heterocycles. The summed E-state index contributed by atoms with van der Waals surface area (Å²) in [6.45, 7) is 1.89. The Kier molecular flexibility index (Phi) is 4.21. The lowest BCUT2D eigenvalue weighted by Crippen LogP contribution is -2.50. The maximum Gasteiger partial charge on any atom is 0.245 e. The fourth-order valence-electron chi connectivity index (χ4n) is 4.96. The minimum Gasteiger partial charge on any atom is -0.384 e. The van der Waals surface area contributed by atoms with Crippen molar-refractivity contribution >= 4 is 34.7 Å². The van der Waals surface area contributed by atoms with Crippen LogP contribution in [0, 0.1) is 18.3 Å². The van der Waals surface area contributed by atoms with Crippen LogP contribution in [0.2, 0.25) is 5.02 Å². The molecule has 3 aliphatic rings. The predicted molar refractivity (Wildman–Crippen MR) is 118 cm³/mol. The van der Waals surface area contributed by atoms with E-state index < -0.39 is 11.3 Å². The number of carbonyl (C=O) groups is 2. The van der Waals surface area contributed by atoms with Crippen LogP contribution in [0.1, 0.15) is 30.4 Å². The molecule has 2 aliphatic heterocycles. The van der Waals surface area contributed by atoms with Crippen molar-refractivity contribution in [2.24, 2.45) is 5.73 Å². The molecule has 0 bridgehead atoms. The van der Waals surface area contributed by atoms with E-state index in [1.54, 1.807) is 35.2 Å². The number of nitriles is 1. The number of halogens is 1. The zero-order valence-electron chi connectivity index (χ0n) is 16.8. The molecule has 0 radical (unpaired) electrons. The molecule has 0 unspecified atom stereocenters. The van der Waals surface area contributed by atoms with Gasteiger partial charge in [0.05, 0.1) is 5.57 Å². The van der Waals surface area contributed by atoms with Crippen LogP contribution in [0.25, 0.3) is 0 Å². The maximum absolute atomic E-state index is 13.5. The monoisotopic (exact) mass is 430 g/mol. The Hall–Kier alpha value is -3.56. The number of aryl methyl sites for hydroxylation is 1. The highest BCUT2D eigenvalue weighted by Crippen LogP contribution is 2.55. The Morgan fingerprint density at radius 1 is 1.19 bits per heavy atom. The molecule has 5 rings (SSSR count). The van der Waals surface area contributed by atoms with E-state index in [0.717, 1.165) is 5.56 Å². The number of rotatable bonds is 1. The largest absolute Gasteiger partial charge is 0.384 e. The number of anilines is 2. The van der Waals surface area contributed by atoms with E-state index >= 15 is 0 Å². The number of hydrogen-bond acceptors (Lipinski definition) is 5. The van der Waals surface area contributed by atoms with E-state index in [9.17, 15) is 14.9 Å². The molecular formula is C24H19ClN4O2. The first-order valence-electron chi connectivity index (χ1n) is 10.1. The van der Waals surface area contributed by atoms with Gasteiger partial charge in [-0.2, -0.15) is 5.26 Å². The molecule has 2 heterocycles. The van der Waals surface area contributed by atoms with Gasteiger partial charge < -0.3 is 11.1 Å². The number of allylic oxidation sites excluding steroid dienone is 1. The molecule has 6 nitrogen and oxygen atoms in total. The standard InChI is InChI=1S/C24H19ClN4O2/c1-13-9-10-14(11-17(13)25)29-19-7-4-8-20(30)21(19)24(16(12-26)22(29)27)15-5-2-3-6-18(15)28-23(24)31/h2-3,5-6,9-11H,4,7-8,27H2,1H3,(H,28,31)/t24-/m1/s1. The third kappa shape index (κ3) is 2.44. The highest BCUT2D eigenvalue weighted by molar-refractivity contribution is 6.31. The van der Waals surface area contributed by atoms with Crippen molar-refractivity contribution in [3.63, 3.8) is 0 Å². The van der Waals surface area contributed by atoms with Gasteiger partial charge in [0.1, 0.15) is 17.3 Å². The molecule has 3 N–H and O–H groups in total. The average molecular weight is 431 g/mol. The molecule has 1 atom stereocenters. The summed E-state index contributed by atoms with van der Waals surface area (Å²) < 4.78 is 0. The van der Waals surface area contributed by atoms with Gasteiger partial charge >= 0.3 is 0 Å². The van der Waals surface area contributed by atoms with Gasteiger partial charge in [0, 0.05) is 39.7 Å². The summed E-state index contributed by atoms with van der Waals surface area (Å²) in [6, 6.07) is 14.8. The molecule has 0 fully saturated rings. The first kappa shape index (κ1) is 19.4. The lowest BCUT2D eigenvalue weighted by atomic mass is 9.64. The number of para-hydroxylation sites is 1. The molecule has 0 saturated heterocycles. The summed E-state index contributed by atoms with van der Waals surface area (Å²) in [4.78, 5) is 28.6. The second-order valence-corrected chi connectivity index (χ2v) is 8.40. The molecule has 0 saturated carbocycles. The van der Waals surface area contributed by atoms with E-state index in [-0.39, 0.29) is 17.2 Å². The molecule has 2 aromatic rings. The number of nitrogens with two attached hydrogens (primary N) is 1. The third-order valence-corrected chi connectivity index (χ3v) is 6.75. The van der Waals surface area contributed by atoms with Crippen LogP contribution < -0.4 is 16.0 Å². The number of fused-ring (bicyclic) bond motifs is 3. The lowest BCUT2D eigenvalue weighted by Gasteiger charge is -2.43. The highest BCUT2D eigenvalue weighted by Gasteiger charge is 2.59. The van der Waals surface area contributed by atoms with Crippen LogP contribution >= 0.6 is 11.6 Å². The van der Waals surface area contributed by atoms with Gasteiger partial charge in [0.25, 0.3) is 0 Å². The third-order valence-electron chi connectivity index (χ3n) is 6.35. The van der Waals surface area contributed by atoms with Crippen LogP contribution in [0.15, 0.2) is 65.1 Å². The summed E-state index contributed by atoms with van der Waals surface area (Å²) in [5, 5.41) is 13.6. The average Bonchev–Trinajstić information content (AvgIpc) is 3.03. The van der Waals surface area contributed by atoms with Gasteiger partial charge in [-0.3, -0.25) is 14.5 Å². The van der Waals surface area contributed by atoms with Crippen molar-refractivity contribution in [1.82, 2.24) is 0 Å². The number of Topliss-reactive ketones (excluding diaryl/α,β-unsaturated/α-hetero) is 1. The van der Waals surface area contributed by atoms with Crippen molar-refractivity contribution in [3.05, 3.63) is 81.3 Å². The van der Waals surface area contributed by atoms with Gasteiger partial charge in [-0.1, -0.05) is 35.9 Å². The Labute approximate surface area is 184 Å². The van der Waals surface area contributed by atoms with Gasteiger partial charge in [-0.25, -0.2) is 0 Å². The molecule has 1 amide bonds. The maximum atomic E-state index is 13.5. The van der Waals surface area contributed by atoms with Crippen molar-refractivity contribution in [3.8, 4) is 6.07 Å². The second kappa shape index (κ2) is 6.73. The van der Waals surface area contributed by atoms with Crippen LogP contribution in [0.4, 0.5) is 11.4 Å². The Balaban J connectivity index is 1.88. The lowest BCUT2D eigenvalue weighted by molar-refractivity contribution is -0.122. The Morgan fingerprint density at radius 2 is 1.97 bits per heavy atom. The van der Waals surface area contributed by atoms with E-state index in [4.69, 9.17) is 17.3 Å². The number of amides is 1. The van der Waals surface area contributed by atoms with Crippen LogP contribution in [0.3, 0.4) is 0 Å². The van der Waals surface area contributed by atoms with Crippen molar-refractivity contribution in [2.75, 3.05) is 10.2 Å². The normalized spacial score (nSPS) is 22.4. The minimum atomic E-state index is -1.53. The molecule has 1 aliphatic carbocycles. The van der Waals surface area contributed by atoms with E-state index in [2.05, 4.69) is 11.4 Å². The number of carbonyl (C=O) groups excluding carboxylic acids is 2. The Bertz CT molecular complexity index is 1290. The van der Waals surface area contributed by atoms with Gasteiger partial charge in [-0.05, 0) is 43.5 Å². The number of hydrogen-bond donors (Lipinski definition) is 2. The van der Waals surface area contributed by atoms with E-state index in [0.29, 0.717) is 52.5 Å². The zero-order valence-corrected chi connectivity index (χ0v) is 17.6. The number of nitrogens with zero attached hydrogens (tertiary/aromatic N) is 2. The topological polar surface area (TPSA) is 99.2 Å². The predicted octanol–water partition coefficient (Wildman–Crippen LogP) is 4.06. The van der Waals surface area contributed by atoms with Crippen LogP contribution in [-0.4, -0.2) is 11.7 Å². The van der Waals surface area contributed by atoms with Gasteiger partial charge in [0.15, 0.2) is 5.78 Å². The fourth-order valence-corrected chi connectivity index (χ4v) is 5.14. The van der Waals surface area contributed by atoms with E-state index in [1.807, 2.05) is 19.1 Å². The quantitative estimate of drug-likeness (QED) is 0.710. The summed E-state index contributed by atoms with van der Waals surface area (Å²) >= 11 is 6.37. The molecule has 7 heteroatoms. The molecule has 154 valence electrons. The minimum absolute atomic E-state index is 0.0562.